The first kappa shape index (κ1) is 52.3. The first-order chi connectivity index (χ1) is 35.5. The van der Waals surface area contributed by atoms with Crippen molar-refractivity contribution in [1.29, 1.82) is 0 Å². The van der Waals surface area contributed by atoms with Gasteiger partial charge in [0.15, 0.2) is 28.5 Å². The number of hydrogen-bond donors (Lipinski definition) is 2. The number of carbonyl (C=O) groups is 3. The highest BCUT2D eigenvalue weighted by Gasteiger charge is 2.86. The number of carbonyl (C=O) groups excluding carboxylic acids is 3. The maximum absolute atomic E-state index is 16.6. The molecule has 4 fully saturated rings. The van der Waals surface area contributed by atoms with E-state index in [-0.39, 0.29) is 52.9 Å². The summed E-state index contributed by atoms with van der Waals surface area (Å²) in [5, 5.41) is 4.21. The van der Waals surface area contributed by atoms with Gasteiger partial charge in [0, 0.05) is 55.6 Å². The molecule has 3 aliphatic carbocycles. The molecule has 1 spiro atoms. The smallest absolute Gasteiger partial charge is 0.482 e. The molecule has 4 bridgehead atoms. The highest BCUT2D eigenvalue weighted by atomic mass is 31.2. The topological polar surface area (TPSA) is 152 Å². The van der Waals surface area contributed by atoms with Crippen LogP contribution in [0.3, 0.4) is 0 Å². The van der Waals surface area contributed by atoms with Crippen LogP contribution in [0.1, 0.15) is 114 Å². The number of fused-ring (bicyclic) bond motifs is 4. The van der Waals surface area contributed by atoms with Gasteiger partial charge in [-0.15, -0.1) is 0 Å². The van der Waals surface area contributed by atoms with E-state index in [0.717, 1.165) is 43.8 Å². The number of allylic oxidation sites excluding steroid dienone is 4. The summed E-state index contributed by atoms with van der Waals surface area (Å²) in [5.41, 5.74) is -0.261. The molecule has 13 heteroatoms. The molecular weight excluding hydrogens is 964 g/mol. The zero-order valence-corrected chi connectivity index (χ0v) is 45.6. The van der Waals surface area contributed by atoms with E-state index in [1.54, 1.807) is 31.0 Å². The number of Topliss-reactive ketones (excluding diaryl/α,β-unsaturated/α-hetero) is 2. The lowest BCUT2D eigenvalue weighted by molar-refractivity contribution is -0.212. The third-order valence-electron chi connectivity index (χ3n) is 16.7. The van der Waals surface area contributed by atoms with E-state index in [4.69, 9.17) is 18.7 Å². The highest BCUT2D eigenvalue weighted by molar-refractivity contribution is 7.46. The lowest BCUT2D eigenvalue weighted by atomic mass is 9.44. The molecule has 2 N–H and O–H groups in total. The van der Waals surface area contributed by atoms with Gasteiger partial charge in [-0.25, -0.2) is 4.57 Å². The molecule has 3 aliphatic heterocycles. The van der Waals surface area contributed by atoms with E-state index < -0.39 is 59.8 Å². The van der Waals surface area contributed by atoms with Crippen molar-refractivity contribution in [2.75, 3.05) is 14.1 Å². The highest BCUT2D eigenvalue weighted by Crippen LogP contribution is 2.71. The Bertz CT molecular complexity index is 3350. The maximum atomic E-state index is 16.6. The van der Waals surface area contributed by atoms with Crippen LogP contribution < -0.4 is 14.0 Å². The number of nitrogens with zero attached hydrogens (tertiary/aromatic N) is 2. The molecule has 5 aromatic rings. The number of amides is 1. The second-order valence-electron chi connectivity index (χ2n) is 22.9. The predicted molar refractivity (Wildman–Crippen MR) is 293 cm³/mol. The van der Waals surface area contributed by atoms with Gasteiger partial charge in [-0.1, -0.05) is 114 Å². The molecule has 7 atom stereocenters. The minimum atomic E-state index is -5.35. The third-order valence-corrected chi connectivity index (χ3v) is 17.1. The van der Waals surface area contributed by atoms with Crippen molar-refractivity contribution in [2.45, 2.75) is 129 Å². The summed E-state index contributed by atoms with van der Waals surface area (Å²) >= 11 is 0. The number of ketones is 2. The van der Waals surface area contributed by atoms with Crippen LogP contribution in [0, 0.1) is 17.8 Å². The lowest BCUT2D eigenvalue weighted by Crippen LogP contribution is -2.81. The first-order valence-electron chi connectivity index (χ1n) is 26.2. The molecule has 6 aliphatic rings. The largest absolute Gasteiger partial charge is 0.524 e. The number of ether oxygens (including phenoxy) is 3. The quantitative estimate of drug-likeness (QED) is 0.0585. The average Bonchev–Trinajstić information content (AvgIpc) is 3.63. The Morgan fingerprint density at radius 3 is 2.04 bits per heavy atom. The van der Waals surface area contributed by atoms with Crippen LogP contribution in [0.4, 0.5) is 0 Å². The lowest BCUT2D eigenvalue weighted by Gasteiger charge is -2.64. The van der Waals surface area contributed by atoms with Crippen molar-refractivity contribution in [1.82, 2.24) is 9.80 Å². The SMILES string of the molecule is CC(C)=CCCC1(C)C=Cc2c(c(CC=C(C)C)c3c(c2OP(=O)(O)O)C(=O)C2C(N(C)Cc4cccc5ccccc45)C4CC5C(C)(C)OC(C/C=C(/C)C(=O)N(C)Cc6cccc7ccccc67)(C4=O)C25O3)O1. The van der Waals surface area contributed by atoms with E-state index >= 15 is 9.59 Å². The van der Waals surface area contributed by atoms with Gasteiger partial charge in [-0.05, 0) is 133 Å². The van der Waals surface area contributed by atoms with E-state index in [1.165, 1.54) is 0 Å². The molecule has 11 rings (SSSR count). The van der Waals surface area contributed by atoms with Crippen LogP contribution in [0.5, 0.6) is 17.2 Å². The van der Waals surface area contributed by atoms with Gasteiger partial charge in [0.2, 0.25) is 5.91 Å². The van der Waals surface area contributed by atoms with Crippen molar-refractivity contribution in [2.24, 2.45) is 17.8 Å². The Balaban J connectivity index is 1.16. The summed E-state index contributed by atoms with van der Waals surface area (Å²) in [6.45, 7) is 16.3. The fraction of sp³-hybridized carbons (Fsp3) is 0.403. The summed E-state index contributed by atoms with van der Waals surface area (Å²) in [7, 11) is -1.66. The molecule has 75 heavy (non-hydrogen) atoms. The summed E-state index contributed by atoms with van der Waals surface area (Å²) in [4.78, 5) is 72.5. The first-order valence-corrected chi connectivity index (χ1v) is 27.7. The van der Waals surface area contributed by atoms with Crippen LogP contribution >= 0.6 is 7.82 Å². The Morgan fingerprint density at radius 2 is 1.41 bits per heavy atom. The standard InChI is InChI=1S/C62H69N2O10P/c1-37(2)18-17-31-60(8)32-30-47-54(71-60)46(28-27-38(3)4)55-50(56(47)73-75(68,69)70)53(65)51-52(63(9)35-42-23-15-21-40-19-11-13-25-44(40)42)48-34-49-59(6,7)74-61(57(48)66,62(49,51)72-55)33-29-39(5)58(67)64(10)36-43-24-16-22-41-20-12-14-26-45(41)43/h11-16,18-27,29-30,32,48-49,51-52H,17,28,31,33-36H2,1-10H3,(H2,68,69,70)/b39-29-. The average molecular weight is 1030 g/mol. The van der Waals surface area contributed by atoms with Crippen molar-refractivity contribution in [3.8, 4) is 17.2 Å². The number of phosphoric ester groups is 1. The van der Waals surface area contributed by atoms with Crippen LogP contribution in [-0.2, 0) is 38.4 Å². The molecule has 0 aromatic heterocycles. The van der Waals surface area contributed by atoms with Crippen molar-refractivity contribution in [3.05, 3.63) is 154 Å². The molecule has 7 unspecified atom stereocenters. The minimum Gasteiger partial charge on any atom is -0.482 e. The number of likely N-dealkylation sites (N-methyl/N-ethyl adjacent to an activating group) is 1. The second-order valence-corrected chi connectivity index (χ2v) is 24.0. The normalized spacial score (nSPS) is 26.1. The predicted octanol–water partition coefficient (Wildman–Crippen LogP) is 12.1. The fourth-order valence-corrected chi connectivity index (χ4v) is 13.8. The van der Waals surface area contributed by atoms with Crippen LogP contribution in [0.2, 0.25) is 0 Å². The van der Waals surface area contributed by atoms with Gasteiger partial charge in [-0.3, -0.25) is 29.1 Å². The minimum absolute atomic E-state index is 0.0452. The summed E-state index contributed by atoms with van der Waals surface area (Å²) in [6, 6.07) is 27.6. The molecule has 392 valence electrons. The van der Waals surface area contributed by atoms with Gasteiger partial charge < -0.3 is 23.6 Å². The third kappa shape index (κ3) is 8.90. The van der Waals surface area contributed by atoms with E-state index in [1.807, 2.05) is 128 Å². The van der Waals surface area contributed by atoms with E-state index in [2.05, 4.69) is 35.2 Å². The van der Waals surface area contributed by atoms with Crippen molar-refractivity contribution >= 4 is 52.9 Å². The number of benzene rings is 5. The molecule has 0 radical (unpaired) electrons. The second kappa shape index (κ2) is 19.2. The molecule has 3 saturated carbocycles. The fourth-order valence-electron chi connectivity index (χ4n) is 13.4. The van der Waals surface area contributed by atoms with E-state index in [0.29, 0.717) is 43.5 Å². The van der Waals surface area contributed by atoms with Gasteiger partial charge >= 0.3 is 7.82 Å². The van der Waals surface area contributed by atoms with E-state index in [9.17, 15) is 19.1 Å². The Morgan fingerprint density at radius 1 is 0.800 bits per heavy atom. The Labute approximate surface area is 440 Å². The molecule has 1 saturated heterocycles. The molecule has 12 nitrogen and oxygen atoms in total. The van der Waals surface area contributed by atoms with Gasteiger partial charge in [0.25, 0.3) is 0 Å². The summed E-state index contributed by atoms with van der Waals surface area (Å²) < 4.78 is 41.1. The molecular formula is C62H69N2O10P. The van der Waals surface area contributed by atoms with Crippen molar-refractivity contribution in [3.63, 3.8) is 0 Å². The van der Waals surface area contributed by atoms with Crippen LogP contribution in [0.25, 0.3) is 27.6 Å². The van der Waals surface area contributed by atoms with Gasteiger partial charge in [0.05, 0.1) is 17.1 Å². The zero-order valence-electron chi connectivity index (χ0n) is 44.7. The maximum Gasteiger partial charge on any atom is 0.524 e. The monoisotopic (exact) mass is 1030 g/mol. The zero-order chi connectivity index (χ0) is 53.6. The van der Waals surface area contributed by atoms with Crippen molar-refractivity contribution < 1.29 is 47.5 Å². The summed E-state index contributed by atoms with van der Waals surface area (Å²) in [5.74, 6) is -3.34. The van der Waals surface area contributed by atoms with Crippen LogP contribution in [0.15, 0.2) is 126 Å². The molecule has 3 heterocycles. The van der Waals surface area contributed by atoms with Gasteiger partial charge in [0.1, 0.15) is 22.7 Å². The summed E-state index contributed by atoms with van der Waals surface area (Å²) in [6.07, 6.45) is 11.3. The number of phosphoric acid groups is 1. The Hall–Kier alpha value is -6.14. The van der Waals surface area contributed by atoms with Gasteiger partial charge in [-0.2, -0.15) is 0 Å². The Kier molecular flexibility index (Phi) is 13.4. The number of hydrogen-bond acceptors (Lipinski definition) is 9. The molecule has 1 amide bonds. The number of rotatable bonds is 15. The molecule has 5 aromatic carbocycles. The van der Waals surface area contributed by atoms with Crippen LogP contribution in [-0.4, -0.2) is 79.6 Å².